The van der Waals surface area contributed by atoms with E-state index in [9.17, 15) is 0 Å². The molecule has 2 N–H and O–H groups in total. The number of nitrogens with zero attached hydrogens (tertiary/aromatic N) is 3. The summed E-state index contributed by atoms with van der Waals surface area (Å²) in [5, 5.41) is 6.74. The highest BCUT2D eigenvalue weighted by Crippen LogP contribution is 2.27. The van der Waals surface area contributed by atoms with Gasteiger partial charge in [-0.15, -0.1) is 0 Å². The molecule has 0 bridgehead atoms. The minimum atomic E-state index is 0.350. The average molecular weight is 396 g/mol. The molecule has 156 valence electrons. The average Bonchev–Trinajstić information content (AvgIpc) is 3.22. The summed E-state index contributed by atoms with van der Waals surface area (Å²) in [5.41, 5.74) is 3.34. The lowest BCUT2D eigenvalue weighted by atomic mass is 10.1. The summed E-state index contributed by atoms with van der Waals surface area (Å²) in [6, 6.07) is 12.4. The van der Waals surface area contributed by atoms with Gasteiger partial charge in [-0.25, -0.2) is 4.98 Å². The van der Waals surface area contributed by atoms with Gasteiger partial charge in [0.15, 0.2) is 5.96 Å². The van der Waals surface area contributed by atoms with Crippen LogP contribution in [0.4, 0.5) is 5.82 Å². The third-order valence-corrected chi connectivity index (χ3v) is 5.18. The Bertz CT molecular complexity index is 828. The zero-order chi connectivity index (χ0) is 20.6. The number of hydrogen-bond donors (Lipinski definition) is 2. The first-order chi connectivity index (χ1) is 14.0. The predicted molar refractivity (Wildman–Crippen MR) is 120 cm³/mol. The quantitative estimate of drug-likeness (QED) is 0.554. The van der Waals surface area contributed by atoms with Gasteiger partial charge >= 0.3 is 0 Å². The summed E-state index contributed by atoms with van der Waals surface area (Å²) < 4.78 is 6.30. The first kappa shape index (κ1) is 21.0. The Balaban J connectivity index is 1.58. The minimum Gasteiger partial charge on any atom is -0.490 e. The van der Waals surface area contributed by atoms with Crippen molar-refractivity contribution in [1.29, 1.82) is 0 Å². The molecule has 29 heavy (non-hydrogen) atoms. The second-order valence-corrected chi connectivity index (χ2v) is 7.80. The van der Waals surface area contributed by atoms with E-state index in [1.165, 1.54) is 18.4 Å². The van der Waals surface area contributed by atoms with E-state index in [-0.39, 0.29) is 0 Å². The topological polar surface area (TPSA) is 61.8 Å². The van der Waals surface area contributed by atoms with Crippen LogP contribution in [-0.2, 0) is 13.1 Å². The van der Waals surface area contributed by atoms with Crippen LogP contribution >= 0.6 is 0 Å². The van der Waals surface area contributed by atoms with Gasteiger partial charge in [0.05, 0.1) is 18.3 Å². The molecule has 0 atom stereocenters. The molecular weight excluding hydrogens is 362 g/mol. The molecule has 6 heteroatoms. The highest BCUT2D eigenvalue weighted by atomic mass is 16.5. The summed E-state index contributed by atoms with van der Waals surface area (Å²) in [4.78, 5) is 11.0. The van der Waals surface area contributed by atoms with Crippen molar-refractivity contribution in [1.82, 2.24) is 15.6 Å². The van der Waals surface area contributed by atoms with Crippen LogP contribution < -0.4 is 20.3 Å². The fourth-order valence-electron chi connectivity index (χ4n) is 3.49. The van der Waals surface area contributed by atoms with Crippen molar-refractivity contribution in [3.05, 3.63) is 53.2 Å². The number of guanidine groups is 1. The van der Waals surface area contributed by atoms with Crippen molar-refractivity contribution in [2.24, 2.45) is 4.99 Å². The third-order valence-electron chi connectivity index (χ3n) is 5.18. The van der Waals surface area contributed by atoms with Crippen LogP contribution in [-0.4, -0.2) is 38.2 Å². The Hall–Kier alpha value is -2.76. The van der Waals surface area contributed by atoms with Crippen LogP contribution in [0.3, 0.4) is 0 Å². The number of rotatable bonds is 7. The molecule has 1 saturated carbocycles. The Kier molecular flexibility index (Phi) is 7.33. The van der Waals surface area contributed by atoms with E-state index in [1.54, 1.807) is 7.05 Å². The number of hydrogen-bond acceptors (Lipinski definition) is 4. The van der Waals surface area contributed by atoms with Crippen molar-refractivity contribution in [3.8, 4) is 5.75 Å². The smallest absolute Gasteiger partial charge is 0.191 e. The van der Waals surface area contributed by atoms with Crippen molar-refractivity contribution in [2.45, 2.75) is 51.8 Å². The molecule has 6 nitrogen and oxygen atoms in total. The lowest BCUT2D eigenvalue weighted by Gasteiger charge is -2.18. The van der Waals surface area contributed by atoms with Crippen LogP contribution in [0.5, 0.6) is 5.75 Å². The summed E-state index contributed by atoms with van der Waals surface area (Å²) in [5.74, 6) is 2.68. The SMILES string of the molecule is CN=C(NCc1cccc(N(C)C)n1)NCc1ccc(C)cc1OC1CCCC1. The normalized spacial score (nSPS) is 14.7. The molecule has 1 fully saturated rings. The van der Waals surface area contributed by atoms with Crippen LogP contribution in [0, 0.1) is 6.92 Å². The van der Waals surface area contributed by atoms with Gasteiger partial charge < -0.3 is 20.3 Å². The molecule has 2 aromatic rings. The van der Waals surface area contributed by atoms with Crippen molar-refractivity contribution >= 4 is 11.8 Å². The molecule has 0 amide bonds. The van der Waals surface area contributed by atoms with Gasteiger partial charge in [-0.05, 0) is 56.4 Å². The van der Waals surface area contributed by atoms with E-state index >= 15 is 0 Å². The highest BCUT2D eigenvalue weighted by molar-refractivity contribution is 5.79. The molecule has 1 heterocycles. The minimum absolute atomic E-state index is 0.350. The van der Waals surface area contributed by atoms with E-state index in [1.807, 2.05) is 37.2 Å². The molecule has 1 aromatic heterocycles. The first-order valence-electron chi connectivity index (χ1n) is 10.4. The van der Waals surface area contributed by atoms with Gasteiger partial charge in [0.25, 0.3) is 0 Å². The second kappa shape index (κ2) is 10.1. The molecule has 0 radical (unpaired) electrons. The molecule has 3 rings (SSSR count). The van der Waals surface area contributed by atoms with Crippen molar-refractivity contribution in [3.63, 3.8) is 0 Å². The summed E-state index contributed by atoms with van der Waals surface area (Å²) >= 11 is 0. The van der Waals surface area contributed by atoms with Gasteiger partial charge in [0, 0.05) is 33.3 Å². The predicted octanol–water partition coefficient (Wildman–Crippen LogP) is 3.64. The van der Waals surface area contributed by atoms with E-state index in [4.69, 9.17) is 4.74 Å². The summed E-state index contributed by atoms with van der Waals surface area (Å²) in [6.45, 7) is 3.38. The van der Waals surface area contributed by atoms with E-state index in [2.05, 4.69) is 45.7 Å². The van der Waals surface area contributed by atoms with Gasteiger partial charge in [0.2, 0.25) is 0 Å². The van der Waals surface area contributed by atoms with E-state index in [0.29, 0.717) is 19.2 Å². The Morgan fingerprint density at radius 2 is 1.90 bits per heavy atom. The standard InChI is InChI=1S/C23H33N5O/c1-17-12-13-18(21(14-17)29-20-9-5-6-10-20)15-25-23(24-2)26-16-19-8-7-11-22(27-19)28(3)4/h7-8,11-14,20H,5-6,9-10,15-16H2,1-4H3,(H2,24,25,26). The maximum absolute atomic E-state index is 6.30. The Labute approximate surface area is 174 Å². The number of aromatic nitrogens is 1. The molecule has 1 aliphatic carbocycles. The number of pyridine rings is 1. The van der Waals surface area contributed by atoms with Gasteiger partial charge in [-0.3, -0.25) is 4.99 Å². The van der Waals surface area contributed by atoms with Crippen LogP contribution in [0.2, 0.25) is 0 Å². The maximum Gasteiger partial charge on any atom is 0.191 e. The monoisotopic (exact) mass is 395 g/mol. The second-order valence-electron chi connectivity index (χ2n) is 7.80. The number of aliphatic imine (C=N–C) groups is 1. The fraction of sp³-hybridized carbons (Fsp3) is 0.478. The number of aryl methyl sites for hydroxylation is 1. The molecule has 1 aromatic carbocycles. The van der Waals surface area contributed by atoms with Gasteiger partial charge in [-0.1, -0.05) is 18.2 Å². The van der Waals surface area contributed by atoms with Crippen LogP contribution in [0.1, 0.15) is 42.5 Å². The number of benzene rings is 1. The lowest BCUT2D eigenvalue weighted by Crippen LogP contribution is -2.36. The van der Waals surface area contributed by atoms with Gasteiger partial charge in [0.1, 0.15) is 11.6 Å². The van der Waals surface area contributed by atoms with Crippen LogP contribution in [0.25, 0.3) is 0 Å². The number of ether oxygens (including phenoxy) is 1. The first-order valence-corrected chi connectivity index (χ1v) is 10.4. The summed E-state index contributed by atoms with van der Waals surface area (Å²) in [7, 11) is 5.77. The highest BCUT2D eigenvalue weighted by Gasteiger charge is 2.18. The van der Waals surface area contributed by atoms with Crippen molar-refractivity contribution in [2.75, 3.05) is 26.0 Å². The van der Waals surface area contributed by atoms with Crippen LogP contribution in [0.15, 0.2) is 41.4 Å². The maximum atomic E-state index is 6.30. The Morgan fingerprint density at radius 1 is 1.14 bits per heavy atom. The molecule has 0 unspecified atom stereocenters. The fourth-order valence-corrected chi connectivity index (χ4v) is 3.49. The largest absolute Gasteiger partial charge is 0.490 e. The Morgan fingerprint density at radius 3 is 2.62 bits per heavy atom. The zero-order valence-corrected chi connectivity index (χ0v) is 18.0. The molecule has 1 aliphatic rings. The third kappa shape index (κ3) is 6.11. The van der Waals surface area contributed by atoms with E-state index in [0.717, 1.165) is 41.6 Å². The number of nitrogens with one attached hydrogen (secondary N) is 2. The summed E-state index contributed by atoms with van der Waals surface area (Å²) in [6.07, 6.45) is 5.20. The van der Waals surface area contributed by atoms with Gasteiger partial charge in [-0.2, -0.15) is 0 Å². The van der Waals surface area contributed by atoms with Crippen molar-refractivity contribution < 1.29 is 4.74 Å². The zero-order valence-electron chi connectivity index (χ0n) is 18.0. The molecule has 0 saturated heterocycles. The molecule has 0 aliphatic heterocycles. The number of anilines is 1. The van der Waals surface area contributed by atoms with E-state index < -0.39 is 0 Å². The molecular formula is C23H33N5O. The lowest BCUT2D eigenvalue weighted by molar-refractivity contribution is 0.207. The molecule has 0 spiro atoms.